The summed E-state index contributed by atoms with van der Waals surface area (Å²) < 4.78 is 1.54. The van der Waals surface area contributed by atoms with Crippen molar-refractivity contribution in [2.45, 2.75) is 13.8 Å². The molecule has 4 heteroatoms. The van der Waals surface area contributed by atoms with Crippen LogP contribution in [-0.4, -0.2) is 14.5 Å². The molecule has 0 atom stereocenters. The first-order valence-electron chi connectivity index (χ1n) is 6.18. The third-order valence-electron chi connectivity index (χ3n) is 3.48. The molecule has 0 amide bonds. The maximum absolute atomic E-state index is 11.7. The van der Waals surface area contributed by atoms with Gasteiger partial charge in [-0.25, -0.2) is 4.98 Å². The van der Waals surface area contributed by atoms with Crippen molar-refractivity contribution < 1.29 is 0 Å². The van der Waals surface area contributed by atoms with E-state index in [-0.39, 0.29) is 5.56 Å². The number of pyridine rings is 1. The van der Waals surface area contributed by atoms with Crippen LogP contribution in [0.2, 0.25) is 0 Å². The number of aromatic amines is 1. The minimum atomic E-state index is -0.0367. The fourth-order valence-corrected chi connectivity index (χ4v) is 2.10. The summed E-state index contributed by atoms with van der Waals surface area (Å²) in [6.07, 6.45) is 1.75. The highest BCUT2D eigenvalue weighted by atomic mass is 16.1. The Labute approximate surface area is 110 Å². The van der Waals surface area contributed by atoms with E-state index < -0.39 is 0 Å². The molecule has 0 radical (unpaired) electrons. The number of nitrogens with zero attached hydrogens (tertiary/aromatic N) is 2. The number of fused-ring (bicyclic) bond motifs is 1. The van der Waals surface area contributed by atoms with Crippen molar-refractivity contribution in [3.8, 4) is 11.4 Å². The zero-order valence-corrected chi connectivity index (χ0v) is 11.2. The van der Waals surface area contributed by atoms with Crippen molar-refractivity contribution in [1.29, 1.82) is 0 Å². The Bertz CT molecular complexity index is 788. The van der Waals surface area contributed by atoms with Crippen LogP contribution in [0.5, 0.6) is 0 Å². The Balaban J connectivity index is 2.20. The summed E-state index contributed by atoms with van der Waals surface area (Å²) in [7, 11) is 1.73. The van der Waals surface area contributed by atoms with Crippen LogP contribution in [0.1, 0.15) is 11.1 Å². The van der Waals surface area contributed by atoms with E-state index in [0.717, 1.165) is 22.4 Å². The van der Waals surface area contributed by atoms with E-state index in [9.17, 15) is 4.79 Å². The van der Waals surface area contributed by atoms with E-state index in [1.54, 1.807) is 23.9 Å². The maximum Gasteiger partial charge on any atom is 0.250 e. The molecule has 0 saturated carbocycles. The van der Waals surface area contributed by atoms with Crippen molar-refractivity contribution >= 4 is 11.0 Å². The Morgan fingerprint density at radius 2 is 1.89 bits per heavy atom. The number of rotatable bonds is 1. The number of nitrogens with one attached hydrogen (secondary N) is 1. The summed E-state index contributed by atoms with van der Waals surface area (Å²) in [5.41, 5.74) is 5.15. The molecule has 19 heavy (non-hydrogen) atoms. The first-order chi connectivity index (χ1) is 9.04. The average Bonchev–Trinajstić information content (AvgIpc) is 2.76. The lowest BCUT2D eigenvalue weighted by Crippen LogP contribution is -2.14. The second kappa shape index (κ2) is 4.09. The lowest BCUT2D eigenvalue weighted by atomic mass is 10.1. The Morgan fingerprint density at radius 3 is 2.63 bits per heavy atom. The molecule has 0 aliphatic carbocycles. The van der Waals surface area contributed by atoms with Crippen LogP contribution in [0, 0.1) is 13.8 Å². The van der Waals surface area contributed by atoms with Gasteiger partial charge >= 0.3 is 0 Å². The van der Waals surface area contributed by atoms with Crippen molar-refractivity contribution in [3.63, 3.8) is 0 Å². The highest BCUT2D eigenvalue weighted by molar-refractivity contribution is 5.80. The number of aromatic nitrogens is 3. The van der Waals surface area contributed by atoms with Gasteiger partial charge in [0.2, 0.25) is 0 Å². The quantitative estimate of drug-likeness (QED) is 0.724. The zero-order valence-electron chi connectivity index (χ0n) is 11.2. The van der Waals surface area contributed by atoms with Crippen LogP contribution in [0.3, 0.4) is 0 Å². The number of H-pyrrole nitrogens is 1. The summed E-state index contributed by atoms with van der Waals surface area (Å²) in [6, 6.07) is 7.63. The van der Waals surface area contributed by atoms with E-state index in [2.05, 4.69) is 35.9 Å². The molecule has 0 fully saturated rings. The van der Waals surface area contributed by atoms with Crippen molar-refractivity contribution in [1.82, 2.24) is 14.5 Å². The normalized spacial score (nSPS) is 11.1. The Kier molecular flexibility index (Phi) is 2.52. The maximum atomic E-state index is 11.7. The van der Waals surface area contributed by atoms with Gasteiger partial charge in [-0.1, -0.05) is 0 Å². The van der Waals surface area contributed by atoms with Crippen molar-refractivity contribution in [2.24, 2.45) is 7.05 Å². The number of imidazole rings is 1. The topological polar surface area (TPSA) is 50.7 Å². The molecular formula is C15H15N3O. The minimum Gasteiger partial charge on any atom is -0.338 e. The van der Waals surface area contributed by atoms with Gasteiger partial charge in [-0.15, -0.1) is 0 Å². The third kappa shape index (κ3) is 1.95. The predicted molar refractivity (Wildman–Crippen MR) is 76.2 cm³/mol. The summed E-state index contributed by atoms with van der Waals surface area (Å²) >= 11 is 0. The molecule has 96 valence electrons. The standard InChI is InChI=1S/C15H15N3O/c1-9-6-12-13(7-10(9)2)17-15(16-12)11-4-5-18(3)14(19)8-11/h4-8H,1-3H3,(H,16,17). The van der Waals surface area contributed by atoms with Gasteiger partial charge in [0.15, 0.2) is 0 Å². The van der Waals surface area contributed by atoms with Gasteiger partial charge in [0.1, 0.15) is 5.82 Å². The van der Waals surface area contributed by atoms with E-state index in [1.165, 1.54) is 11.1 Å². The van der Waals surface area contributed by atoms with Gasteiger partial charge in [0, 0.05) is 24.9 Å². The highest BCUT2D eigenvalue weighted by Gasteiger charge is 2.07. The lowest BCUT2D eigenvalue weighted by molar-refractivity contribution is 0.860. The molecule has 3 aromatic rings. The van der Waals surface area contributed by atoms with Gasteiger partial charge in [-0.05, 0) is 43.2 Å². The molecule has 2 aromatic heterocycles. The summed E-state index contributed by atoms with van der Waals surface area (Å²) in [6.45, 7) is 4.15. The molecule has 3 rings (SSSR count). The highest BCUT2D eigenvalue weighted by Crippen LogP contribution is 2.21. The second-order valence-electron chi connectivity index (χ2n) is 4.90. The summed E-state index contributed by atoms with van der Waals surface area (Å²) in [5, 5.41) is 0. The number of hydrogen-bond acceptors (Lipinski definition) is 2. The smallest absolute Gasteiger partial charge is 0.250 e. The molecule has 4 nitrogen and oxygen atoms in total. The molecule has 2 heterocycles. The monoisotopic (exact) mass is 253 g/mol. The van der Waals surface area contributed by atoms with Crippen molar-refractivity contribution in [2.75, 3.05) is 0 Å². The van der Waals surface area contributed by atoms with Crippen LogP contribution in [0.25, 0.3) is 22.4 Å². The first kappa shape index (κ1) is 11.7. The molecule has 1 N–H and O–H groups in total. The molecule has 0 saturated heterocycles. The SMILES string of the molecule is Cc1cc2nc(-c3ccn(C)c(=O)c3)[nH]c2cc1C. The number of aryl methyl sites for hydroxylation is 3. The fraction of sp³-hybridized carbons (Fsp3) is 0.200. The van der Waals surface area contributed by atoms with E-state index in [0.29, 0.717) is 0 Å². The summed E-state index contributed by atoms with van der Waals surface area (Å²) in [4.78, 5) is 19.5. The molecule has 0 bridgehead atoms. The van der Waals surface area contributed by atoms with Gasteiger partial charge < -0.3 is 9.55 Å². The van der Waals surface area contributed by atoms with Crippen LogP contribution < -0.4 is 5.56 Å². The van der Waals surface area contributed by atoms with E-state index in [4.69, 9.17) is 0 Å². The van der Waals surface area contributed by atoms with E-state index >= 15 is 0 Å². The fourth-order valence-electron chi connectivity index (χ4n) is 2.10. The third-order valence-corrected chi connectivity index (χ3v) is 3.48. The molecule has 1 aromatic carbocycles. The van der Waals surface area contributed by atoms with Crippen LogP contribution in [0.4, 0.5) is 0 Å². The van der Waals surface area contributed by atoms with Crippen LogP contribution >= 0.6 is 0 Å². The second-order valence-corrected chi connectivity index (χ2v) is 4.90. The van der Waals surface area contributed by atoms with E-state index in [1.807, 2.05) is 6.07 Å². The molecular weight excluding hydrogens is 238 g/mol. The zero-order chi connectivity index (χ0) is 13.6. The Hall–Kier alpha value is -2.36. The largest absolute Gasteiger partial charge is 0.338 e. The first-order valence-corrected chi connectivity index (χ1v) is 6.18. The van der Waals surface area contributed by atoms with Crippen LogP contribution in [-0.2, 0) is 7.05 Å². The van der Waals surface area contributed by atoms with Crippen LogP contribution in [0.15, 0.2) is 35.3 Å². The molecule has 0 spiro atoms. The van der Waals surface area contributed by atoms with Gasteiger partial charge in [0.25, 0.3) is 5.56 Å². The number of hydrogen-bond donors (Lipinski definition) is 1. The minimum absolute atomic E-state index is 0.0367. The van der Waals surface area contributed by atoms with Gasteiger partial charge in [-0.2, -0.15) is 0 Å². The van der Waals surface area contributed by atoms with Gasteiger partial charge in [0.05, 0.1) is 11.0 Å². The molecule has 0 aliphatic heterocycles. The van der Waals surface area contributed by atoms with Gasteiger partial charge in [-0.3, -0.25) is 4.79 Å². The summed E-state index contributed by atoms with van der Waals surface area (Å²) in [5.74, 6) is 0.734. The average molecular weight is 253 g/mol. The lowest BCUT2D eigenvalue weighted by Gasteiger charge is -1.98. The number of benzene rings is 1. The molecule has 0 aliphatic rings. The molecule has 0 unspecified atom stereocenters. The Morgan fingerprint density at radius 1 is 1.16 bits per heavy atom. The predicted octanol–water partition coefficient (Wildman–Crippen LogP) is 2.55. The van der Waals surface area contributed by atoms with Crippen molar-refractivity contribution in [3.05, 3.63) is 51.9 Å².